The van der Waals surface area contributed by atoms with E-state index in [4.69, 9.17) is 0 Å². The molecule has 1 aromatic heterocycles. The van der Waals surface area contributed by atoms with Crippen molar-refractivity contribution in [1.29, 1.82) is 0 Å². The minimum atomic E-state index is -3.65. The van der Waals surface area contributed by atoms with Crippen LogP contribution >= 0.6 is 0 Å². The first kappa shape index (κ1) is 14.8. The predicted molar refractivity (Wildman–Crippen MR) is 79.7 cm³/mol. The lowest BCUT2D eigenvalue weighted by Crippen LogP contribution is -2.19. The number of hydrogen-bond donors (Lipinski definition) is 0. The summed E-state index contributed by atoms with van der Waals surface area (Å²) in [5, 5.41) is 4.13. The second kappa shape index (κ2) is 4.74. The molecule has 0 atom stereocenters. The van der Waals surface area contributed by atoms with E-state index in [2.05, 4.69) is 5.10 Å². The van der Waals surface area contributed by atoms with Gasteiger partial charge >= 0.3 is 0 Å². The Bertz CT molecular complexity index is 760. The molecule has 0 bridgehead atoms. The summed E-state index contributed by atoms with van der Waals surface area (Å²) in [6, 6.07) is 3.79. The highest BCUT2D eigenvalue weighted by Crippen LogP contribution is 2.28. The van der Waals surface area contributed by atoms with Crippen LogP contribution in [0.4, 0.5) is 0 Å². The Hall–Kier alpha value is -1.62. The highest BCUT2D eigenvalue weighted by molar-refractivity contribution is 7.90. The lowest BCUT2D eigenvalue weighted by molar-refractivity contribution is 0.576. The van der Waals surface area contributed by atoms with Gasteiger partial charge in [-0.25, -0.2) is 0 Å². The summed E-state index contributed by atoms with van der Waals surface area (Å²) >= 11 is 0. The third kappa shape index (κ3) is 2.16. The Morgan fingerprint density at radius 1 is 0.900 bits per heavy atom. The summed E-state index contributed by atoms with van der Waals surface area (Å²) in [4.78, 5) is 0.376. The second-order valence-corrected chi connectivity index (χ2v) is 7.07. The molecule has 0 fully saturated rings. The Morgan fingerprint density at radius 3 is 1.80 bits per heavy atom. The molecule has 0 aliphatic heterocycles. The van der Waals surface area contributed by atoms with Crippen molar-refractivity contribution in [3.63, 3.8) is 0 Å². The molecule has 1 heterocycles. The van der Waals surface area contributed by atoms with Crippen LogP contribution in [0.25, 0.3) is 0 Å². The molecule has 0 saturated carbocycles. The molecule has 2 rings (SSSR count). The average molecular weight is 292 g/mol. The quantitative estimate of drug-likeness (QED) is 0.855. The van der Waals surface area contributed by atoms with Gasteiger partial charge in [0, 0.05) is 0 Å². The van der Waals surface area contributed by atoms with Gasteiger partial charge < -0.3 is 0 Å². The summed E-state index contributed by atoms with van der Waals surface area (Å²) in [5.41, 5.74) is 4.87. The molecular weight excluding hydrogens is 272 g/mol. The first-order valence-electron chi connectivity index (χ1n) is 6.52. The van der Waals surface area contributed by atoms with Crippen molar-refractivity contribution in [2.75, 3.05) is 0 Å². The van der Waals surface area contributed by atoms with Crippen molar-refractivity contribution < 1.29 is 8.42 Å². The van der Waals surface area contributed by atoms with E-state index >= 15 is 0 Å². The monoisotopic (exact) mass is 292 g/mol. The van der Waals surface area contributed by atoms with Gasteiger partial charge in [0.2, 0.25) is 0 Å². The summed E-state index contributed by atoms with van der Waals surface area (Å²) in [7, 11) is -3.65. The fraction of sp³-hybridized carbons (Fsp3) is 0.400. The summed E-state index contributed by atoms with van der Waals surface area (Å²) in [6.07, 6.45) is 0. The molecule has 4 nitrogen and oxygen atoms in total. The zero-order chi connectivity index (χ0) is 15.2. The molecule has 0 amide bonds. The molecule has 20 heavy (non-hydrogen) atoms. The van der Waals surface area contributed by atoms with Crippen LogP contribution in [0.15, 0.2) is 17.0 Å². The maximum absolute atomic E-state index is 12.9. The average Bonchev–Trinajstić information content (AvgIpc) is 2.67. The Balaban J connectivity index is 2.83. The van der Waals surface area contributed by atoms with Crippen LogP contribution in [0.1, 0.15) is 33.6 Å². The molecule has 0 aliphatic carbocycles. The number of aryl methyl sites for hydroxylation is 4. The van der Waals surface area contributed by atoms with E-state index in [1.807, 2.05) is 33.8 Å². The van der Waals surface area contributed by atoms with Crippen LogP contribution in [-0.4, -0.2) is 17.6 Å². The third-order valence-corrected chi connectivity index (χ3v) is 5.70. The molecule has 0 saturated heterocycles. The smallest absolute Gasteiger partial charge is 0.199 e. The lowest BCUT2D eigenvalue weighted by atomic mass is 10.0. The van der Waals surface area contributed by atoms with Crippen LogP contribution in [0.5, 0.6) is 0 Å². The van der Waals surface area contributed by atoms with Crippen molar-refractivity contribution >= 4 is 10.0 Å². The maximum Gasteiger partial charge on any atom is 0.283 e. The van der Waals surface area contributed by atoms with Crippen LogP contribution in [0.3, 0.4) is 0 Å². The van der Waals surface area contributed by atoms with Crippen molar-refractivity contribution in [1.82, 2.24) is 9.19 Å². The van der Waals surface area contributed by atoms with Crippen molar-refractivity contribution in [2.24, 2.45) is 0 Å². The van der Waals surface area contributed by atoms with Gasteiger partial charge in [0.05, 0.1) is 16.3 Å². The molecule has 0 spiro atoms. The lowest BCUT2D eigenvalue weighted by Gasteiger charge is -2.16. The van der Waals surface area contributed by atoms with Gasteiger partial charge in [-0.2, -0.15) is 17.6 Å². The summed E-state index contributed by atoms with van der Waals surface area (Å²) in [5.74, 6) is 0. The van der Waals surface area contributed by atoms with Crippen molar-refractivity contribution in [3.05, 3.63) is 45.8 Å². The van der Waals surface area contributed by atoms with Crippen LogP contribution < -0.4 is 0 Å². The highest BCUT2D eigenvalue weighted by atomic mass is 32.2. The van der Waals surface area contributed by atoms with Crippen LogP contribution in [-0.2, 0) is 10.0 Å². The normalized spacial score (nSPS) is 11.9. The van der Waals surface area contributed by atoms with E-state index < -0.39 is 10.0 Å². The minimum absolute atomic E-state index is 0.376. The van der Waals surface area contributed by atoms with Gasteiger partial charge in [0.25, 0.3) is 10.0 Å². The number of hydrogen-bond acceptors (Lipinski definition) is 3. The van der Waals surface area contributed by atoms with E-state index in [1.165, 1.54) is 0 Å². The van der Waals surface area contributed by atoms with E-state index in [9.17, 15) is 8.42 Å². The van der Waals surface area contributed by atoms with E-state index in [-0.39, 0.29) is 0 Å². The molecule has 108 valence electrons. The number of nitrogens with zero attached hydrogens (tertiary/aromatic N) is 2. The van der Waals surface area contributed by atoms with E-state index in [1.54, 1.807) is 19.9 Å². The number of benzene rings is 1. The zero-order valence-electron chi connectivity index (χ0n) is 12.8. The summed E-state index contributed by atoms with van der Waals surface area (Å²) < 4.78 is 27.0. The SMILES string of the molecule is Cc1cc(C)n(S(=O)(=O)c2c(C)c(C)cc(C)c2C)n1. The topological polar surface area (TPSA) is 52.0 Å². The molecule has 2 aromatic rings. The molecule has 0 aliphatic rings. The van der Waals surface area contributed by atoms with E-state index in [0.29, 0.717) is 16.3 Å². The predicted octanol–water partition coefficient (Wildman–Crippen LogP) is 2.97. The molecule has 1 aromatic carbocycles. The molecule has 0 unspecified atom stereocenters. The zero-order valence-corrected chi connectivity index (χ0v) is 13.6. The minimum Gasteiger partial charge on any atom is -0.199 e. The van der Waals surface area contributed by atoms with Crippen molar-refractivity contribution in [3.8, 4) is 0 Å². The van der Waals surface area contributed by atoms with Crippen LogP contribution in [0, 0.1) is 41.5 Å². The van der Waals surface area contributed by atoms with Gasteiger partial charge in [-0.05, 0) is 69.9 Å². The standard InChI is InChI=1S/C15H20N2O2S/c1-9-7-10(2)14(6)15(13(9)5)20(18,19)17-12(4)8-11(3)16-17/h7-8H,1-6H3. The fourth-order valence-corrected chi connectivity index (χ4v) is 4.44. The Kier molecular flexibility index (Phi) is 3.50. The fourth-order valence-electron chi connectivity index (χ4n) is 2.51. The largest absolute Gasteiger partial charge is 0.283 e. The number of aromatic nitrogens is 2. The first-order chi connectivity index (χ1) is 9.16. The van der Waals surface area contributed by atoms with Crippen molar-refractivity contribution in [2.45, 2.75) is 46.4 Å². The van der Waals surface area contributed by atoms with Gasteiger partial charge in [0.15, 0.2) is 0 Å². The molecular formula is C15H20N2O2S. The van der Waals surface area contributed by atoms with Gasteiger partial charge in [-0.15, -0.1) is 0 Å². The molecule has 0 N–H and O–H groups in total. The van der Waals surface area contributed by atoms with Crippen LogP contribution in [0.2, 0.25) is 0 Å². The Labute approximate surface area is 120 Å². The molecule has 5 heteroatoms. The summed E-state index contributed by atoms with van der Waals surface area (Å²) in [6.45, 7) is 11.1. The number of rotatable bonds is 2. The molecule has 0 radical (unpaired) electrons. The first-order valence-corrected chi connectivity index (χ1v) is 7.96. The van der Waals surface area contributed by atoms with Gasteiger partial charge in [0.1, 0.15) is 0 Å². The highest BCUT2D eigenvalue weighted by Gasteiger charge is 2.26. The Morgan fingerprint density at radius 2 is 1.40 bits per heavy atom. The maximum atomic E-state index is 12.9. The van der Waals surface area contributed by atoms with Gasteiger partial charge in [-0.3, -0.25) is 0 Å². The van der Waals surface area contributed by atoms with E-state index in [0.717, 1.165) is 26.3 Å². The third-order valence-electron chi connectivity index (χ3n) is 3.75. The van der Waals surface area contributed by atoms with Gasteiger partial charge in [-0.1, -0.05) is 6.07 Å². The second-order valence-electron chi connectivity index (χ2n) is 5.36.